The van der Waals surface area contributed by atoms with Crippen molar-refractivity contribution in [3.05, 3.63) is 28.8 Å². The molecule has 2 N–H and O–H groups in total. The number of likely N-dealkylation sites (tertiary alicyclic amines) is 1. The summed E-state index contributed by atoms with van der Waals surface area (Å²) >= 11 is 6.09. The largest absolute Gasteiger partial charge is 0.493 e. The van der Waals surface area contributed by atoms with Crippen LogP contribution in [0.25, 0.3) is 0 Å². The Hall–Kier alpha value is -0.770. The number of hydrogen-bond donors (Lipinski definition) is 1. The molecule has 0 saturated carbocycles. The lowest BCUT2D eigenvalue weighted by Crippen LogP contribution is -2.26. The first-order chi connectivity index (χ1) is 8.72. The maximum atomic E-state index is 6.09. The molecule has 1 aliphatic heterocycles. The van der Waals surface area contributed by atoms with E-state index in [2.05, 4.69) is 11.9 Å². The molecule has 1 saturated heterocycles. The molecule has 2 rings (SSSR count). The van der Waals surface area contributed by atoms with E-state index in [1.165, 1.54) is 19.4 Å². The number of halogens is 1. The fraction of sp³-hybridized carbons (Fsp3) is 0.571. The molecule has 0 radical (unpaired) electrons. The Morgan fingerprint density at radius 3 is 3.00 bits per heavy atom. The van der Waals surface area contributed by atoms with Crippen molar-refractivity contribution in [3.63, 3.8) is 0 Å². The van der Waals surface area contributed by atoms with Gasteiger partial charge in [0.05, 0.1) is 6.61 Å². The maximum absolute atomic E-state index is 6.09. The van der Waals surface area contributed by atoms with Crippen LogP contribution in [0, 0.1) is 0 Å². The molecule has 1 aromatic rings. The summed E-state index contributed by atoms with van der Waals surface area (Å²) in [6, 6.07) is 6.34. The molecule has 1 fully saturated rings. The van der Waals surface area contributed by atoms with Gasteiger partial charge >= 0.3 is 0 Å². The molecule has 1 unspecified atom stereocenters. The van der Waals surface area contributed by atoms with Crippen LogP contribution >= 0.6 is 11.6 Å². The molecular weight excluding hydrogens is 248 g/mol. The zero-order chi connectivity index (χ0) is 13.0. The van der Waals surface area contributed by atoms with E-state index in [0.717, 1.165) is 24.3 Å². The number of hydrogen-bond acceptors (Lipinski definition) is 3. The zero-order valence-electron chi connectivity index (χ0n) is 10.9. The van der Waals surface area contributed by atoms with Crippen molar-refractivity contribution in [2.24, 2.45) is 5.73 Å². The van der Waals surface area contributed by atoms with Crippen molar-refractivity contribution in [3.8, 4) is 5.75 Å². The van der Waals surface area contributed by atoms with Gasteiger partial charge in [-0.15, -0.1) is 0 Å². The lowest BCUT2D eigenvalue weighted by molar-refractivity contribution is 0.232. The van der Waals surface area contributed by atoms with Crippen molar-refractivity contribution >= 4 is 11.6 Å². The number of benzene rings is 1. The van der Waals surface area contributed by atoms with Crippen LogP contribution in [0.4, 0.5) is 0 Å². The minimum absolute atomic E-state index is 0.415. The molecule has 18 heavy (non-hydrogen) atoms. The van der Waals surface area contributed by atoms with Crippen molar-refractivity contribution in [2.45, 2.75) is 31.8 Å². The summed E-state index contributed by atoms with van der Waals surface area (Å²) in [5.41, 5.74) is 6.60. The van der Waals surface area contributed by atoms with E-state index in [1.54, 1.807) is 0 Å². The Morgan fingerprint density at radius 1 is 1.50 bits per heavy atom. The van der Waals surface area contributed by atoms with E-state index in [4.69, 9.17) is 22.1 Å². The molecule has 1 aliphatic rings. The number of rotatable bonds is 5. The molecule has 100 valence electrons. The van der Waals surface area contributed by atoms with Gasteiger partial charge in [0.15, 0.2) is 0 Å². The highest BCUT2D eigenvalue weighted by atomic mass is 35.5. The van der Waals surface area contributed by atoms with Crippen molar-refractivity contribution in [1.29, 1.82) is 0 Å². The van der Waals surface area contributed by atoms with E-state index in [1.807, 2.05) is 18.2 Å². The summed E-state index contributed by atoms with van der Waals surface area (Å²) in [5, 5.41) is 0.688. The first-order valence-corrected chi connectivity index (χ1v) is 6.90. The van der Waals surface area contributed by atoms with Crippen LogP contribution in [0.5, 0.6) is 5.75 Å². The third-order valence-electron chi connectivity index (χ3n) is 3.66. The molecule has 0 amide bonds. The van der Waals surface area contributed by atoms with E-state index in [-0.39, 0.29) is 0 Å². The van der Waals surface area contributed by atoms with Gasteiger partial charge in [0.1, 0.15) is 5.75 Å². The van der Waals surface area contributed by atoms with Crippen LogP contribution in [0.3, 0.4) is 0 Å². The van der Waals surface area contributed by atoms with Gasteiger partial charge in [0, 0.05) is 23.2 Å². The second-order valence-electron chi connectivity index (χ2n) is 4.83. The highest BCUT2D eigenvalue weighted by Crippen LogP contribution is 2.26. The average molecular weight is 269 g/mol. The van der Waals surface area contributed by atoms with Crippen LogP contribution < -0.4 is 10.5 Å². The number of nitrogens with two attached hydrogens (primary N) is 1. The first kappa shape index (κ1) is 13.7. The van der Waals surface area contributed by atoms with Gasteiger partial charge in [-0.1, -0.05) is 17.7 Å². The summed E-state index contributed by atoms with van der Waals surface area (Å²) in [5.74, 6) is 0.825. The molecule has 3 nitrogen and oxygen atoms in total. The van der Waals surface area contributed by atoms with Crippen LogP contribution in [0.1, 0.15) is 24.8 Å². The Morgan fingerprint density at radius 2 is 2.33 bits per heavy atom. The van der Waals surface area contributed by atoms with Gasteiger partial charge in [0.25, 0.3) is 0 Å². The quantitative estimate of drug-likeness (QED) is 0.892. The Kier molecular flexibility index (Phi) is 4.87. The highest BCUT2D eigenvalue weighted by Gasteiger charge is 2.20. The summed E-state index contributed by atoms with van der Waals surface area (Å²) in [4.78, 5) is 2.41. The smallest absolute Gasteiger partial charge is 0.125 e. The van der Waals surface area contributed by atoms with E-state index in [9.17, 15) is 0 Å². The van der Waals surface area contributed by atoms with Gasteiger partial charge in [-0.2, -0.15) is 0 Å². The third-order valence-corrected chi connectivity index (χ3v) is 4.01. The average Bonchev–Trinajstić information content (AvgIpc) is 2.75. The molecule has 1 aromatic carbocycles. The third kappa shape index (κ3) is 3.16. The monoisotopic (exact) mass is 268 g/mol. The topological polar surface area (TPSA) is 38.5 Å². The van der Waals surface area contributed by atoms with Gasteiger partial charge in [-0.25, -0.2) is 0 Å². The molecule has 1 heterocycles. The Labute approximate surface area is 114 Å². The highest BCUT2D eigenvalue weighted by molar-refractivity contribution is 6.31. The van der Waals surface area contributed by atoms with Crippen LogP contribution in [0.15, 0.2) is 18.2 Å². The lowest BCUT2D eigenvalue weighted by Gasteiger charge is -2.20. The first-order valence-electron chi connectivity index (χ1n) is 6.53. The van der Waals surface area contributed by atoms with Crippen molar-refractivity contribution < 1.29 is 4.74 Å². The molecule has 0 bridgehead atoms. The summed E-state index contributed by atoms with van der Waals surface area (Å²) in [7, 11) is 2.18. The fourth-order valence-electron chi connectivity index (χ4n) is 2.52. The molecule has 4 heteroatoms. The molecular formula is C14H21ClN2O. The van der Waals surface area contributed by atoms with Crippen LogP contribution in [-0.4, -0.2) is 31.1 Å². The SMILES string of the molecule is CN1CCCC1CCOc1cccc(Cl)c1CN. The molecule has 1 atom stereocenters. The van der Waals surface area contributed by atoms with Gasteiger partial charge in [0.2, 0.25) is 0 Å². The van der Waals surface area contributed by atoms with E-state index in [0.29, 0.717) is 17.6 Å². The standard InChI is InChI=1S/C14H21ClN2O/c1-17-8-3-4-11(17)7-9-18-14-6-2-5-13(15)12(14)10-16/h2,5-6,11H,3-4,7-10,16H2,1H3. The predicted molar refractivity (Wildman–Crippen MR) is 75.1 cm³/mol. The number of nitrogens with zero attached hydrogens (tertiary/aromatic N) is 1. The molecule has 0 aliphatic carbocycles. The second-order valence-corrected chi connectivity index (χ2v) is 5.24. The minimum Gasteiger partial charge on any atom is -0.493 e. The molecule has 0 spiro atoms. The van der Waals surface area contributed by atoms with Crippen molar-refractivity contribution in [2.75, 3.05) is 20.2 Å². The summed E-state index contributed by atoms with van der Waals surface area (Å²) < 4.78 is 5.83. The Bertz CT molecular complexity index is 397. The zero-order valence-corrected chi connectivity index (χ0v) is 11.6. The minimum atomic E-state index is 0.415. The summed E-state index contributed by atoms with van der Waals surface area (Å²) in [6.45, 7) is 2.34. The second kappa shape index (κ2) is 6.41. The van der Waals surface area contributed by atoms with Crippen molar-refractivity contribution in [1.82, 2.24) is 4.90 Å². The lowest BCUT2D eigenvalue weighted by atomic mass is 10.1. The van der Waals surface area contributed by atoms with Gasteiger partial charge in [-0.05, 0) is 45.0 Å². The normalized spacial score (nSPS) is 20.3. The van der Waals surface area contributed by atoms with Crippen LogP contribution in [0.2, 0.25) is 5.02 Å². The maximum Gasteiger partial charge on any atom is 0.125 e. The summed E-state index contributed by atoms with van der Waals surface area (Å²) in [6.07, 6.45) is 3.64. The van der Waals surface area contributed by atoms with Crippen LogP contribution in [-0.2, 0) is 6.54 Å². The fourth-order valence-corrected chi connectivity index (χ4v) is 2.76. The van der Waals surface area contributed by atoms with Gasteiger partial charge < -0.3 is 15.4 Å². The van der Waals surface area contributed by atoms with E-state index < -0.39 is 0 Å². The number of ether oxygens (including phenoxy) is 1. The van der Waals surface area contributed by atoms with Gasteiger partial charge in [-0.3, -0.25) is 0 Å². The van der Waals surface area contributed by atoms with E-state index >= 15 is 0 Å². The Balaban J connectivity index is 1.88. The predicted octanol–water partition coefficient (Wildman–Crippen LogP) is 2.66. The molecule has 0 aromatic heterocycles.